The highest BCUT2D eigenvalue weighted by Crippen LogP contribution is 2.29. The lowest BCUT2D eigenvalue weighted by molar-refractivity contribution is 0.110. The zero-order chi connectivity index (χ0) is 21.8. The van der Waals surface area contributed by atoms with Crippen molar-refractivity contribution in [2.45, 2.75) is 0 Å². The summed E-state index contributed by atoms with van der Waals surface area (Å²) in [6.45, 7) is 6.55. The van der Waals surface area contributed by atoms with Crippen LogP contribution in [0.15, 0.2) is 55.1 Å². The molecule has 1 amide bonds. The Balaban J connectivity index is 1.47. The number of nitrogens with two attached hydrogens (primary N) is 2. The Morgan fingerprint density at radius 3 is 2.48 bits per heavy atom. The molecule has 1 fully saturated rings. The number of anilines is 3. The number of carbonyl (C=O) groups excluding carboxylic acids is 1. The third-order valence-electron chi connectivity index (χ3n) is 5.28. The number of nitrogen functional groups attached to an aromatic ring is 2. The fraction of sp³-hybridized carbons (Fsp3) is 0.227. The number of rotatable bonds is 5. The highest BCUT2D eigenvalue weighted by atomic mass is 16.6. The maximum atomic E-state index is 12.0. The molecular weight excluding hydrogens is 394 g/mol. The second-order valence-corrected chi connectivity index (χ2v) is 7.19. The predicted octanol–water partition coefficient (Wildman–Crippen LogP) is 2.61. The molecule has 0 spiro atoms. The SMILES string of the molecule is C=CCOC(=O)N1CCN(c2ccc(-c3ccc4nc(N)nc(NN)c4c3)cc2)CC1. The van der Waals surface area contributed by atoms with Crippen molar-refractivity contribution in [3.05, 3.63) is 55.1 Å². The molecular formula is C22H25N7O2. The standard InChI is InChI=1S/C22H25N7O2/c1-2-13-31-22(30)29-11-9-28(10-12-29)17-6-3-15(4-7-17)16-5-8-19-18(14-16)20(27-24)26-21(23)25-19/h2-8,14H,1,9-13,24H2,(H3,23,25,26,27). The number of hydrazine groups is 1. The van der Waals surface area contributed by atoms with E-state index >= 15 is 0 Å². The molecule has 31 heavy (non-hydrogen) atoms. The van der Waals surface area contributed by atoms with Crippen LogP contribution in [0.3, 0.4) is 0 Å². The maximum absolute atomic E-state index is 12.0. The van der Waals surface area contributed by atoms with Crippen molar-refractivity contribution in [3.63, 3.8) is 0 Å². The molecule has 5 N–H and O–H groups in total. The quantitative estimate of drug-likeness (QED) is 0.328. The summed E-state index contributed by atoms with van der Waals surface area (Å²) in [6, 6.07) is 14.2. The first kappa shape index (κ1) is 20.4. The minimum absolute atomic E-state index is 0.173. The first-order valence-electron chi connectivity index (χ1n) is 10.0. The first-order valence-corrected chi connectivity index (χ1v) is 10.0. The fourth-order valence-electron chi connectivity index (χ4n) is 3.67. The van der Waals surface area contributed by atoms with E-state index in [4.69, 9.17) is 16.3 Å². The average molecular weight is 419 g/mol. The Hall–Kier alpha value is -3.85. The van der Waals surface area contributed by atoms with Gasteiger partial charge in [-0.2, -0.15) is 4.98 Å². The Morgan fingerprint density at radius 1 is 1.10 bits per heavy atom. The number of ether oxygens (including phenoxy) is 1. The zero-order valence-corrected chi connectivity index (χ0v) is 17.1. The molecule has 0 bridgehead atoms. The molecule has 4 rings (SSSR count). The molecule has 1 saturated heterocycles. The number of aromatic nitrogens is 2. The van der Waals surface area contributed by atoms with E-state index in [1.807, 2.05) is 18.2 Å². The summed E-state index contributed by atoms with van der Waals surface area (Å²) in [7, 11) is 0. The number of nitrogens with zero attached hydrogens (tertiary/aromatic N) is 4. The molecule has 1 aliphatic heterocycles. The summed E-state index contributed by atoms with van der Waals surface area (Å²) >= 11 is 0. The average Bonchev–Trinajstić information content (AvgIpc) is 2.82. The van der Waals surface area contributed by atoms with Crippen molar-refractivity contribution in [3.8, 4) is 11.1 Å². The number of amides is 1. The number of benzene rings is 2. The summed E-state index contributed by atoms with van der Waals surface area (Å²) in [5.74, 6) is 6.25. The van der Waals surface area contributed by atoms with Crippen LogP contribution in [0.5, 0.6) is 0 Å². The smallest absolute Gasteiger partial charge is 0.410 e. The van der Waals surface area contributed by atoms with Crippen LogP contribution in [0.4, 0.5) is 22.2 Å². The van der Waals surface area contributed by atoms with Crippen LogP contribution >= 0.6 is 0 Å². The maximum Gasteiger partial charge on any atom is 0.410 e. The van der Waals surface area contributed by atoms with E-state index in [2.05, 4.69) is 51.1 Å². The molecule has 1 aromatic heterocycles. The van der Waals surface area contributed by atoms with E-state index in [0.29, 0.717) is 18.9 Å². The summed E-state index contributed by atoms with van der Waals surface area (Å²) in [5, 5.41) is 0.803. The van der Waals surface area contributed by atoms with Gasteiger partial charge < -0.3 is 25.7 Å². The molecule has 0 unspecified atom stereocenters. The number of hydrogen-bond donors (Lipinski definition) is 3. The molecule has 9 nitrogen and oxygen atoms in total. The van der Waals surface area contributed by atoms with E-state index in [9.17, 15) is 4.79 Å². The lowest BCUT2D eigenvalue weighted by Crippen LogP contribution is -2.49. The molecule has 2 heterocycles. The fourth-order valence-corrected chi connectivity index (χ4v) is 3.67. The van der Waals surface area contributed by atoms with E-state index in [1.54, 1.807) is 11.0 Å². The summed E-state index contributed by atoms with van der Waals surface area (Å²) in [5.41, 5.74) is 12.2. The second-order valence-electron chi connectivity index (χ2n) is 7.19. The van der Waals surface area contributed by atoms with Crippen molar-refractivity contribution < 1.29 is 9.53 Å². The number of carbonyl (C=O) groups is 1. The van der Waals surface area contributed by atoms with Gasteiger partial charge in [0.15, 0.2) is 5.82 Å². The Kier molecular flexibility index (Phi) is 5.85. The van der Waals surface area contributed by atoms with E-state index in [0.717, 1.165) is 40.8 Å². The van der Waals surface area contributed by atoms with Gasteiger partial charge in [0.25, 0.3) is 0 Å². The highest BCUT2D eigenvalue weighted by Gasteiger charge is 2.22. The van der Waals surface area contributed by atoms with Gasteiger partial charge in [0, 0.05) is 37.3 Å². The minimum atomic E-state index is -0.289. The lowest BCUT2D eigenvalue weighted by atomic mass is 10.0. The van der Waals surface area contributed by atoms with E-state index < -0.39 is 0 Å². The Bertz CT molecular complexity index is 1090. The number of fused-ring (bicyclic) bond motifs is 1. The van der Waals surface area contributed by atoms with Crippen LogP contribution in [0.2, 0.25) is 0 Å². The normalized spacial score (nSPS) is 13.8. The molecule has 0 saturated carbocycles. The summed E-state index contributed by atoms with van der Waals surface area (Å²) in [6.07, 6.45) is 1.28. The predicted molar refractivity (Wildman–Crippen MR) is 123 cm³/mol. The topological polar surface area (TPSA) is 123 Å². The number of piperazine rings is 1. The van der Waals surface area contributed by atoms with Gasteiger partial charge in [-0.3, -0.25) is 0 Å². The highest BCUT2D eigenvalue weighted by molar-refractivity contribution is 5.93. The van der Waals surface area contributed by atoms with Gasteiger partial charge in [-0.25, -0.2) is 15.6 Å². The Morgan fingerprint density at radius 2 is 1.81 bits per heavy atom. The Labute approximate surface area is 180 Å². The lowest BCUT2D eigenvalue weighted by Gasteiger charge is -2.35. The van der Waals surface area contributed by atoms with Crippen LogP contribution in [-0.2, 0) is 4.74 Å². The van der Waals surface area contributed by atoms with Crippen molar-refractivity contribution in [2.75, 3.05) is 48.8 Å². The van der Waals surface area contributed by atoms with Gasteiger partial charge in [-0.15, -0.1) is 0 Å². The van der Waals surface area contributed by atoms with Gasteiger partial charge in [-0.1, -0.05) is 30.9 Å². The van der Waals surface area contributed by atoms with Crippen LogP contribution in [0.1, 0.15) is 0 Å². The van der Waals surface area contributed by atoms with Crippen molar-refractivity contribution in [1.29, 1.82) is 0 Å². The zero-order valence-electron chi connectivity index (χ0n) is 17.1. The molecule has 0 atom stereocenters. The third-order valence-corrected chi connectivity index (χ3v) is 5.28. The molecule has 9 heteroatoms. The van der Waals surface area contributed by atoms with E-state index in [-0.39, 0.29) is 18.6 Å². The minimum Gasteiger partial charge on any atom is -0.445 e. The van der Waals surface area contributed by atoms with Crippen molar-refractivity contribution >= 4 is 34.4 Å². The van der Waals surface area contributed by atoms with Gasteiger partial charge in [0.2, 0.25) is 5.95 Å². The van der Waals surface area contributed by atoms with Gasteiger partial charge >= 0.3 is 6.09 Å². The molecule has 3 aromatic rings. The van der Waals surface area contributed by atoms with E-state index in [1.165, 1.54) is 0 Å². The molecule has 2 aromatic carbocycles. The van der Waals surface area contributed by atoms with Crippen molar-refractivity contribution in [2.24, 2.45) is 5.84 Å². The van der Waals surface area contributed by atoms with Gasteiger partial charge in [0.1, 0.15) is 6.61 Å². The third kappa shape index (κ3) is 4.36. The molecule has 0 radical (unpaired) electrons. The first-order chi connectivity index (χ1) is 15.1. The van der Waals surface area contributed by atoms with Crippen LogP contribution < -0.4 is 21.9 Å². The van der Waals surface area contributed by atoms with Gasteiger partial charge in [-0.05, 0) is 35.4 Å². The van der Waals surface area contributed by atoms with Gasteiger partial charge in [0.05, 0.1) is 5.52 Å². The molecule has 1 aliphatic rings. The largest absolute Gasteiger partial charge is 0.445 e. The van der Waals surface area contributed by atoms with Crippen LogP contribution in [-0.4, -0.2) is 53.7 Å². The number of hydrogen-bond acceptors (Lipinski definition) is 8. The van der Waals surface area contributed by atoms with Crippen LogP contribution in [0, 0.1) is 0 Å². The summed E-state index contributed by atoms with van der Waals surface area (Å²) in [4.78, 5) is 24.3. The number of nitrogens with one attached hydrogen (secondary N) is 1. The molecule has 160 valence electrons. The van der Waals surface area contributed by atoms with Crippen molar-refractivity contribution in [1.82, 2.24) is 14.9 Å². The van der Waals surface area contributed by atoms with Crippen LogP contribution in [0.25, 0.3) is 22.0 Å². The monoisotopic (exact) mass is 419 g/mol. The molecule has 0 aliphatic carbocycles. The second kappa shape index (κ2) is 8.88. The summed E-state index contributed by atoms with van der Waals surface area (Å²) < 4.78 is 5.11.